The van der Waals surface area contributed by atoms with Crippen molar-refractivity contribution in [3.63, 3.8) is 0 Å². The largest absolute Gasteiger partial charge is 0.508 e. The van der Waals surface area contributed by atoms with E-state index in [1.165, 1.54) is 6.07 Å². The molecule has 2 unspecified atom stereocenters. The van der Waals surface area contributed by atoms with Gasteiger partial charge in [-0.1, -0.05) is 0 Å². The van der Waals surface area contributed by atoms with Gasteiger partial charge in [-0.25, -0.2) is 5.43 Å². The Morgan fingerprint density at radius 1 is 1.12 bits per heavy atom. The Morgan fingerprint density at radius 3 is 2.50 bits per heavy atom. The molecule has 24 heavy (non-hydrogen) atoms. The number of rotatable bonds is 5. The highest BCUT2D eigenvalue weighted by molar-refractivity contribution is 7.84. The number of ether oxygens (including phenoxy) is 2. The Hall–Kier alpha value is -2.35. The van der Waals surface area contributed by atoms with Gasteiger partial charge in [-0.15, -0.1) is 0 Å². The Balaban J connectivity index is 1.82. The molecule has 0 aromatic heterocycles. The number of nitrogens with one attached hydrogen (secondary N) is 2. The second-order valence-corrected chi connectivity index (χ2v) is 6.63. The Kier molecular flexibility index (Phi) is 4.84. The van der Waals surface area contributed by atoms with Crippen molar-refractivity contribution in [2.24, 2.45) is 0 Å². The smallest absolute Gasteiger partial charge is 0.145 e. The summed E-state index contributed by atoms with van der Waals surface area (Å²) in [6.45, 7) is 0. The Morgan fingerprint density at radius 2 is 1.88 bits per heavy atom. The molecule has 0 fully saturated rings. The normalized spacial score (nSPS) is 17.9. The van der Waals surface area contributed by atoms with Crippen LogP contribution in [0.5, 0.6) is 17.2 Å². The number of phenolic OH excluding ortho intramolecular Hbond substituents is 1. The van der Waals surface area contributed by atoms with Crippen LogP contribution >= 0.6 is 0 Å². The highest BCUT2D eigenvalue weighted by Gasteiger charge is 2.16. The molecule has 7 heteroatoms. The topological polar surface area (TPSA) is 79.8 Å². The summed E-state index contributed by atoms with van der Waals surface area (Å²) in [4.78, 5) is 0.732. The minimum atomic E-state index is -1.03. The first-order valence-electron chi connectivity index (χ1n) is 7.27. The van der Waals surface area contributed by atoms with Gasteiger partial charge in [0.2, 0.25) is 0 Å². The second kappa shape index (κ2) is 7.04. The zero-order valence-corrected chi connectivity index (χ0v) is 14.1. The van der Waals surface area contributed by atoms with E-state index < -0.39 is 10.8 Å². The van der Waals surface area contributed by atoms with Crippen LogP contribution in [0.25, 0.3) is 5.70 Å². The summed E-state index contributed by atoms with van der Waals surface area (Å²) in [5.41, 5.74) is 7.50. The standard InChI is InChI=1S/C17H18N2O4S/c1-22-17-10-16(18-19-17)11-7-12(20)9-14(8-11)23-13-3-5-15(6-4-13)24(2)21/h3-10,17-20H,1-2H3. The van der Waals surface area contributed by atoms with Crippen LogP contribution in [-0.4, -0.2) is 28.9 Å². The number of hydrazine groups is 1. The van der Waals surface area contributed by atoms with Crippen molar-refractivity contribution >= 4 is 16.5 Å². The van der Waals surface area contributed by atoms with Crippen molar-refractivity contribution in [2.75, 3.05) is 13.4 Å². The monoisotopic (exact) mass is 346 g/mol. The fourth-order valence-corrected chi connectivity index (χ4v) is 2.83. The maximum absolute atomic E-state index is 11.4. The van der Waals surface area contributed by atoms with Gasteiger partial charge in [-0.3, -0.25) is 4.21 Å². The Labute approximate surface area is 142 Å². The number of methoxy groups -OCH3 is 1. The molecular weight excluding hydrogens is 328 g/mol. The minimum Gasteiger partial charge on any atom is -0.508 e. The van der Waals surface area contributed by atoms with Gasteiger partial charge >= 0.3 is 0 Å². The zero-order valence-electron chi connectivity index (χ0n) is 13.3. The molecule has 2 atom stereocenters. The molecule has 0 spiro atoms. The first-order chi connectivity index (χ1) is 11.5. The molecule has 0 saturated heterocycles. The molecule has 0 saturated carbocycles. The summed E-state index contributed by atoms with van der Waals surface area (Å²) in [5.74, 6) is 1.19. The van der Waals surface area contributed by atoms with Gasteiger partial charge in [0.1, 0.15) is 23.5 Å². The highest BCUT2D eigenvalue weighted by atomic mass is 32.2. The van der Waals surface area contributed by atoms with E-state index in [1.54, 1.807) is 43.7 Å². The minimum absolute atomic E-state index is 0.0948. The third-order valence-electron chi connectivity index (χ3n) is 3.51. The van der Waals surface area contributed by atoms with Crippen LogP contribution < -0.4 is 15.6 Å². The predicted molar refractivity (Wildman–Crippen MR) is 92.0 cm³/mol. The van der Waals surface area contributed by atoms with Crippen molar-refractivity contribution in [2.45, 2.75) is 11.1 Å². The van der Waals surface area contributed by atoms with E-state index in [1.807, 2.05) is 12.1 Å². The fourth-order valence-electron chi connectivity index (χ4n) is 2.31. The number of phenols is 1. The third-order valence-corrected chi connectivity index (χ3v) is 4.45. The molecule has 126 valence electrons. The van der Waals surface area contributed by atoms with E-state index in [0.29, 0.717) is 11.5 Å². The molecule has 0 aliphatic carbocycles. The van der Waals surface area contributed by atoms with Crippen LogP contribution in [0.15, 0.2) is 53.4 Å². The van der Waals surface area contributed by atoms with Crippen LogP contribution in [0, 0.1) is 0 Å². The molecule has 1 aliphatic heterocycles. The van der Waals surface area contributed by atoms with E-state index in [2.05, 4.69) is 10.9 Å². The first-order valence-corrected chi connectivity index (χ1v) is 8.83. The van der Waals surface area contributed by atoms with Gasteiger partial charge in [-0.05, 0) is 42.5 Å². The maximum atomic E-state index is 11.4. The molecule has 3 rings (SSSR count). The SMILES string of the molecule is COC1C=C(c2cc(O)cc(Oc3ccc(S(C)=O)cc3)c2)NN1. The van der Waals surface area contributed by atoms with Crippen LogP contribution in [0.4, 0.5) is 0 Å². The molecular formula is C17H18N2O4S. The van der Waals surface area contributed by atoms with E-state index >= 15 is 0 Å². The summed E-state index contributed by atoms with van der Waals surface area (Å²) >= 11 is 0. The molecule has 0 radical (unpaired) electrons. The average Bonchev–Trinajstić information content (AvgIpc) is 3.04. The third kappa shape index (κ3) is 3.76. The van der Waals surface area contributed by atoms with Crippen molar-refractivity contribution in [1.82, 2.24) is 10.9 Å². The first kappa shape index (κ1) is 16.5. The zero-order chi connectivity index (χ0) is 17.1. The van der Waals surface area contributed by atoms with Gasteiger partial charge in [0, 0.05) is 40.7 Å². The molecule has 2 aromatic carbocycles. The molecule has 0 amide bonds. The van der Waals surface area contributed by atoms with Crippen molar-refractivity contribution in [3.8, 4) is 17.2 Å². The molecule has 1 heterocycles. The van der Waals surface area contributed by atoms with Gasteiger partial charge in [0.25, 0.3) is 0 Å². The van der Waals surface area contributed by atoms with E-state index in [4.69, 9.17) is 9.47 Å². The lowest BCUT2D eigenvalue weighted by Crippen LogP contribution is -2.32. The van der Waals surface area contributed by atoms with Crippen molar-refractivity contribution < 1.29 is 18.8 Å². The summed E-state index contributed by atoms with van der Waals surface area (Å²) < 4.78 is 22.4. The van der Waals surface area contributed by atoms with Crippen LogP contribution in [-0.2, 0) is 15.5 Å². The molecule has 1 aliphatic rings. The van der Waals surface area contributed by atoms with E-state index in [9.17, 15) is 9.32 Å². The summed E-state index contributed by atoms with van der Waals surface area (Å²) in [5, 5.41) is 9.95. The Bertz CT molecular complexity index is 790. The quantitative estimate of drug-likeness (QED) is 0.771. The number of hydrogen-bond acceptors (Lipinski definition) is 6. The lowest BCUT2D eigenvalue weighted by Gasteiger charge is -2.10. The van der Waals surface area contributed by atoms with E-state index in [-0.39, 0.29) is 12.0 Å². The number of aromatic hydroxyl groups is 1. The van der Waals surface area contributed by atoms with Gasteiger partial charge in [0.05, 0.1) is 5.70 Å². The predicted octanol–water partition coefficient (Wildman–Crippen LogP) is 2.34. The van der Waals surface area contributed by atoms with Gasteiger partial charge in [-0.2, -0.15) is 0 Å². The van der Waals surface area contributed by atoms with Gasteiger partial charge in [0.15, 0.2) is 0 Å². The highest BCUT2D eigenvalue weighted by Crippen LogP contribution is 2.30. The average molecular weight is 346 g/mol. The molecule has 2 aromatic rings. The maximum Gasteiger partial charge on any atom is 0.145 e. The summed E-state index contributed by atoms with van der Waals surface area (Å²) in [6.07, 6.45) is 3.26. The molecule has 3 N–H and O–H groups in total. The van der Waals surface area contributed by atoms with Crippen LogP contribution in [0.1, 0.15) is 5.56 Å². The fraction of sp³-hybridized carbons (Fsp3) is 0.176. The van der Waals surface area contributed by atoms with Crippen LogP contribution in [0.3, 0.4) is 0 Å². The van der Waals surface area contributed by atoms with Crippen LogP contribution in [0.2, 0.25) is 0 Å². The van der Waals surface area contributed by atoms with Crippen molar-refractivity contribution in [1.29, 1.82) is 0 Å². The number of hydrogen-bond donors (Lipinski definition) is 3. The summed E-state index contributed by atoms with van der Waals surface area (Å²) in [7, 11) is 0.573. The van der Waals surface area contributed by atoms with Gasteiger partial charge < -0.3 is 20.0 Å². The lowest BCUT2D eigenvalue weighted by atomic mass is 10.1. The number of benzene rings is 2. The summed E-state index contributed by atoms with van der Waals surface area (Å²) in [6, 6.07) is 12.0. The molecule has 0 bridgehead atoms. The second-order valence-electron chi connectivity index (χ2n) is 5.25. The molecule has 6 nitrogen and oxygen atoms in total. The van der Waals surface area contributed by atoms with Crippen molar-refractivity contribution in [3.05, 3.63) is 54.1 Å². The lowest BCUT2D eigenvalue weighted by molar-refractivity contribution is 0.114. The van der Waals surface area contributed by atoms with E-state index in [0.717, 1.165) is 16.2 Å².